The maximum Gasteiger partial charge on any atom is 0.0625 e. The van der Waals surface area contributed by atoms with E-state index in [0.29, 0.717) is 12.3 Å². The van der Waals surface area contributed by atoms with Crippen LogP contribution in [-0.2, 0) is 0 Å². The average molecular weight is 321 g/mol. The van der Waals surface area contributed by atoms with E-state index in [1.165, 1.54) is 17.7 Å². The maximum absolute atomic E-state index is 9.02. The minimum absolute atomic E-state index is 0.0482. The number of benzene rings is 1. The molecule has 0 radical (unpaired) electrons. The van der Waals surface area contributed by atoms with Crippen molar-refractivity contribution in [2.75, 3.05) is 11.4 Å². The van der Waals surface area contributed by atoms with Crippen molar-refractivity contribution in [1.82, 2.24) is 0 Å². The van der Waals surface area contributed by atoms with Crippen molar-refractivity contribution < 1.29 is 0 Å². The summed E-state index contributed by atoms with van der Waals surface area (Å²) in [5.41, 5.74) is 2.64. The molecule has 0 bridgehead atoms. The Morgan fingerprint density at radius 2 is 2.21 bits per heavy atom. The SMILES string of the molecule is Cc1cc(Br)ccc1N1CCCC(CC#N)C1(C)C. The molecule has 2 rings (SSSR count). The van der Waals surface area contributed by atoms with E-state index in [1.54, 1.807) is 0 Å². The van der Waals surface area contributed by atoms with Gasteiger partial charge < -0.3 is 4.90 Å². The summed E-state index contributed by atoms with van der Waals surface area (Å²) < 4.78 is 1.12. The zero-order chi connectivity index (χ0) is 14.0. The van der Waals surface area contributed by atoms with Gasteiger partial charge in [-0.1, -0.05) is 15.9 Å². The molecule has 0 aliphatic carbocycles. The predicted molar refractivity (Wildman–Crippen MR) is 83.3 cm³/mol. The van der Waals surface area contributed by atoms with Crippen molar-refractivity contribution >= 4 is 21.6 Å². The van der Waals surface area contributed by atoms with Crippen LogP contribution in [0.5, 0.6) is 0 Å². The van der Waals surface area contributed by atoms with Crippen LogP contribution < -0.4 is 4.90 Å². The van der Waals surface area contributed by atoms with Crippen LogP contribution in [0.15, 0.2) is 22.7 Å². The quantitative estimate of drug-likeness (QED) is 0.792. The Labute approximate surface area is 124 Å². The first-order valence-corrected chi connectivity index (χ1v) is 7.67. The molecule has 0 amide bonds. The van der Waals surface area contributed by atoms with Gasteiger partial charge in [-0.3, -0.25) is 0 Å². The molecule has 102 valence electrons. The van der Waals surface area contributed by atoms with Crippen molar-refractivity contribution in [2.24, 2.45) is 5.92 Å². The Kier molecular flexibility index (Phi) is 4.20. The van der Waals surface area contributed by atoms with E-state index in [-0.39, 0.29) is 5.54 Å². The molecule has 0 aromatic heterocycles. The topological polar surface area (TPSA) is 27.0 Å². The molecule has 1 aromatic carbocycles. The van der Waals surface area contributed by atoms with Gasteiger partial charge in [0.1, 0.15) is 0 Å². The van der Waals surface area contributed by atoms with Gasteiger partial charge in [0.05, 0.1) is 6.07 Å². The zero-order valence-corrected chi connectivity index (χ0v) is 13.5. The molecule has 1 aliphatic rings. The van der Waals surface area contributed by atoms with Crippen molar-refractivity contribution in [1.29, 1.82) is 5.26 Å². The van der Waals surface area contributed by atoms with Gasteiger partial charge in [-0.15, -0.1) is 0 Å². The highest BCUT2D eigenvalue weighted by molar-refractivity contribution is 9.10. The zero-order valence-electron chi connectivity index (χ0n) is 11.9. The standard InChI is InChI=1S/C16H21BrN2/c1-12-11-14(17)6-7-15(12)19-10-4-5-13(8-9-18)16(19,2)3/h6-7,11,13H,4-5,8,10H2,1-3H3. The molecule has 19 heavy (non-hydrogen) atoms. The molecule has 1 fully saturated rings. The van der Waals surface area contributed by atoms with Crippen LogP contribution in [0, 0.1) is 24.2 Å². The summed E-state index contributed by atoms with van der Waals surface area (Å²) in [5.74, 6) is 0.453. The van der Waals surface area contributed by atoms with E-state index in [0.717, 1.165) is 17.4 Å². The number of anilines is 1. The third kappa shape index (κ3) is 2.79. The van der Waals surface area contributed by atoms with Gasteiger partial charge in [0, 0.05) is 28.7 Å². The lowest BCUT2D eigenvalue weighted by Gasteiger charge is -2.49. The smallest absolute Gasteiger partial charge is 0.0625 e. The Balaban J connectivity index is 2.35. The first kappa shape index (κ1) is 14.4. The number of hydrogen-bond donors (Lipinski definition) is 0. The van der Waals surface area contributed by atoms with Crippen LogP contribution in [-0.4, -0.2) is 12.1 Å². The van der Waals surface area contributed by atoms with Crippen LogP contribution in [0.4, 0.5) is 5.69 Å². The summed E-state index contributed by atoms with van der Waals surface area (Å²) in [6.07, 6.45) is 2.98. The van der Waals surface area contributed by atoms with Gasteiger partial charge >= 0.3 is 0 Å². The molecular formula is C16H21BrN2. The molecule has 1 unspecified atom stereocenters. The third-order valence-corrected chi connectivity index (χ3v) is 4.91. The van der Waals surface area contributed by atoms with Crippen LogP contribution in [0.3, 0.4) is 0 Å². The second-order valence-electron chi connectivity index (χ2n) is 5.94. The fraction of sp³-hybridized carbons (Fsp3) is 0.562. The molecular weight excluding hydrogens is 300 g/mol. The summed E-state index contributed by atoms with van der Waals surface area (Å²) in [7, 11) is 0. The number of nitriles is 1. The average Bonchev–Trinajstić information content (AvgIpc) is 2.33. The molecule has 1 aliphatic heterocycles. The number of piperidine rings is 1. The van der Waals surface area contributed by atoms with E-state index in [2.05, 4.69) is 65.9 Å². The second kappa shape index (κ2) is 5.54. The number of halogens is 1. The van der Waals surface area contributed by atoms with Gasteiger partial charge in [-0.25, -0.2) is 0 Å². The van der Waals surface area contributed by atoms with Crippen molar-refractivity contribution in [3.63, 3.8) is 0 Å². The Morgan fingerprint density at radius 1 is 1.47 bits per heavy atom. The molecule has 0 N–H and O–H groups in total. The molecule has 1 atom stereocenters. The van der Waals surface area contributed by atoms with Crippen LogP contribution in [0.25, 0.3) is 0 Å². The van der Waals surface area contributed by atoms with E-state index < -0.39 is 0 Å². The van der Waals surface area contributed by atoms with Crippen molar-refractivity contribution in [3.05, 3.63) is 28.2 Å². The van der Waals surface area contributed by atoms with Gasteiger partial charge in [0.2, 0.25) is 0 Å². The van der Waals surface area contributed by atoms with Crippen molar-refractivity contribution in [2.45, 2.75) is 45.6 Å². The highest BCUT2D eigenvalue weighted by Gasteiger charge is 2.38. The molecule has 1 saturated heterocycles. The number of hydrogen-bond acceptors (Lipinski definition) is 2. The summed E-state index contributed by atoms with van der Waals surface area (Å²) in [5, 5.41) is 9.02. The molecule has 0 saturated carbocycles. The second-order valence-corrected chi connectivity index (χ2v) is 6.85. The fourth-order valence-electron chi connectivity index (χ4n) is 3.17. The van der Waals surface area contributed by atoms with Gasteiger partial charge in [0.15, 0.2) is 0 Å². The highest BCUT2D eigenvalue weighted by Crippen LogP contribution is 2.40. The molecule has 0 spiro atoms. The summed E-state index contributed by atoms with van der Waals surface area (Å²) in [6, 6.07) is 8.81. The van der Waals surface area contributed by atoms with E-state index in [1.807, 2.05) is 0 Å². The van der Waals surface area contributed by atoms with Crippen LogP contribution >= 0.6 is 15.9 Å². The number of nitrogens with zero attached hydrogens (tertiary/aromatic N) is 2. The Bertz CT molecular complexity index is 502. The first-order chi connectivity index (χ1) is 8.96. The molecule has 2 nitrogen and oxygen atoms in total. The minimum atomic E-state index is 0.0482. The lowest BCUT2D eigenvalue weighted by molar-refractivity contribution is 0.241. The maximum atomic E-state index is 9.02. The Morgan fingerprint density at radius 3 is 2.84 bits per heavy atom. The minimum Gasteiger partial charge on any atom is -0.366 e. The van der Waals surface area contributed by atoms with Crippen molar-refractivity contribution in [3.8, 4) is 6.07 Å². The first-order valence-electron chi connectivity index (χ1n) is 6.87. The monoisotopic (exact) mass is 320 g/mol. The molecule has 1 heterocycles. The van der Waals surface area contributed by atoms with Gasteiger partial charge in [-0.05, 0) is 63.3 Å². The normalized spacial score (nSPS) is 22.1. The number of rotatable bonds is 2. The summed E-state index contributed by atoms with van der Waals surface area (Å²) in [4.78, 5) is 2.49. The van der Waals surface area contributed by atoms with E-state index in [9.17, 15) is 0 Å². The van der Waals surface area contributed by atoms with E-state index in [4.69, 9.17) is 5.26 Å². The lowest BCUT2D eigenvalue weighted by Crippen LogP contribution is -2.53. The third-order valence-electron chi connectivity index (χ3n) is 4.42. The highest BCUT2D eigenvalue weighted by atomic mass is 79.9. The molecule has 1 aromatic rings. The summed E-state index contributed by atoms with van der Waals surface area (Å²) >= 11 is 3.52. The largest absolute Gasteiger partial charge is 0.366 e. The Hall–Kier alpha value is -1.01. The van der Waals surface area contributed by atoms with Gasteiger partial charge in [0.25, 0.3) is 0 Å². The van der Waals surface area contributed by atoms with E-state index >= 15 is 0 Å². The molecule has 3 heteroatoms. The van der Waals surface area contributed by atoms with Crippen LogP contribution in [0.2, 0.25) is 0 Å². The van der Waals surface area contributed by atoms with Gasteiger partial charge in [-0.2, -0.15) is 5.26 Å². The number of aryl methyl sites for hydroxylation is 1. The predicted octanol–water partition coefficient (Wildman–Crippen LogP) is 4.67. The summed E-state index contributed by atoms with van der Waals surface area (Å²) in [6.45, 7) is 7.78. The lowest BCUT2D eigenvalue weighted by atomic mass is 9.77. The van der Waals surface area contributed by atoms with Crippen LogP contribution in [0.1, 0.15) is 38.7 Å². The fourth-order valence-corrected chi connectivity index (χ4v) is 3.65.